The van der Waals surface area contributed by atoms with Crippen molar-refractivity contribution in [2.24, 2.45) is 7.05 Å². The summed E-state index contributed by atoms with van der Waals surface area (Å²) >= 11 is 0.826. The molecule has 2 aromatic carbocycles. The predicted molar refractivity (Wildman–Crippen MR) is 87.7 cm³/mol. The highest BCUT2D eigenvalue weighted by atomic mass is 32.1. The van der Waals surface area contributed by atoms with Crippen LogP contribution in [0.3, 0.4) is 0 Å². The number of benzene rings is 2. The van der Waals surface area contributed by atoms with Gasteiger partial charge in [-0.05, 0) is 12.1 Å². The molecule has 0 amide bonds. The van der Waals surface area contributed by atoms with E-state index in [4.69, 9.17) is 0 Å². The first-order chi connectivity index (χ1) is 11.5. The lowest BCUT2D eigenvalue weighted by Crippen LogP contribution is -2.08. The molecular weight excluding hydrogens is 337 g/mol. The van der Waals surface area contributed by atoms with E-state index < -0.39 is 23.0 Å². The second kappa shape index (κ2) is 5.17. The van der Waals surface area contributed by atoms with E-state index in [0.717, 1.165) is 22.2 Å². The molecule has 0 spiro atoms. The quantitative estimate of drug-likeness (QED) is 0.484. The summed E-state index contributed by atoms with van der Waals surface area (Å²) in [5, 5.41) is 0.833. The normalized spacial score (nSPS) is 11.5. The van der Waals surface area contributed by atoms with Gasteiger partial charge in [-0.2, -0.15) is 4.98 Å². The summed E-state index contributed by atoms with van der Waals surface area (Å²) in [4.78, 5) is 16.1. The van der Waals surface area contributed by atoms with Gasteiger partial charge in [0.15, 0.2) is 17.5 Å². The monoisotopic (exact) mass is 346 g/mol. The molecule has 7 heteroatoms. The minimum Gasteiger partial charge on any atom is -0.350 e. The fourth-order valence-electron chi connectivity index (χ4n) is 2.74. The van der Waals surface area contributed by atoms with Gasteiger partial charge in [-0.25, -0.2) is 13.2 Å². The third-order valence-corrected chi connectivity index (χ3v) is 4.98. The highest BCUT2D eigenvalue weighted by molar-refractivity contribution is 7.21. The van der Waals surface area contributed by atoms with Crippen LogP contribution in [-0.2, 0) is 7.05 Å². The fraction of sp³-hybridized carbons (Fsp3) is 0.0588. The Kier molecular flexibility index (Phi) is 3.21. The topological polar surface area (TPSA) is 34.9 Å². The van der Waals surface area contributed by atoms with Crippen LogP contribution in [0.5, 0.6) is 0 Å². The summed E-state index contributed by atoms with van der Waals surface area (Å²) in [6.45, 7) is 0. The number of nitrogens with zero attached hydrogens (tertiary/aromatic N) is 2. The van der Waals surface area contributed by atoms with Gasteiger partial charge in [0.05, 0.1) is 10.1 Å². The van der Waals surface area contributed by atoms with Crippen molar-refractivity contribution in [3.8, 4) is 10.6 Å². The van der Waals surface area contributed by atoms with Crippen molar-refractivity contribution in [2.75, 3.05) is 0 Å². The number of hydrogen-bond acceptors (Lipinski definition) is 3. The Balaban J connectivity index is 2.09. The SMILES string of the molecule is Cn1cc(-c2nc(=O)c3cc(F)c(F)c(F)c3s2)c2ccccc21. The van der Waals surface area contributed by atoms with Crippen molar-refractivity contribution in [1.82, 2.24) is 9.55 Å². The first-order valence-corrected chi connectivity index (χ1v) is 7.82. The van der Waals surface area contributed by atoms with Crippen LogP contribution >= 0.6 is 11.3 Å². The third-order valence-electron chi connectivity index (χ3n) is 3.88. The lowest BCUT2D eigenvalue weighted by Gasteiger charge is -2.03. The van der Waals surface area contributed by atoms with Crippen molar-refractivity contribution in [3.05, 3.63) is 64.3 Å². The van der Waals surface area contributed by atoms with E-state index in [1.165, 1.54) is 0 Å². The van der Waals surface area contributed by atoms with Gasteiger partial charge in [0.25, 0.3) is 5.56 Å². The minimum atomic E-state index is -1.59. The molecule has 4 aromatic rings. The van der Waals surface area contributed by atoms with Gasteiger partial charge in [-0.15, -0.1) is 11.3 Å². The Bertz CT molecular complexity index is 1180. The van der Waals surface area contributed by atoms with Gasteiger partial charge < -0.3 is 4.57 Å². The molecule has 0 radical (unpaired) electrons. The average Bonchev–Trinajstić information content (AvgIpc) is 2.91. The van der Waals surface area contributed by atoms with Crippen LogP contribution in [0.2, 0.25) is 0 Å². The molecule has 0 aliphatic carbocycles. The van der Waals surface area contributed by atoms with E-state index in [2.05, 4.69) is 4.98 Å². The summed E-state index contributed by atoms with van der Waals surface area (Å²) in [6.07, 6.45) is 1.77. The lowest BCUT2D eigenvalue weighted by atomic mass is 10.2. The summed E-state index contributed by atoms with van der Waals surface area (Å²) in [7, 11) is 1.84. The standard InChI is InChI=1S/C17H9F3N2OS/c1-22-7-10(8-4-2-3-5-12(8)22)17-21-16(23)9-6-11(18)13(19)14(20)15(9)24-17/h2-7H,1H3. The van der Waals surface area contributed by atoms with Crippen LogP contribution in [0.25, 0.3) is 31.6 Å². The van der Waals surface area contributed by atoms with Crippen LogP contribution < -0.4 is 5.56 Å². The largest absolute Gasteiger partial charge is 0.350 e. The number of para-hydroxylation sites is 1. The summed E-state index contributed by atoms with van der Waals surface area (Å²) in [5.74, 6) is -4.35. The molecule has 0 fully saturated rings. The molecule has 0 saturated carbocycles. The number of aromatic nitrogens is 2. The van der Waals surface area contributed by atoms with Crippen LogP contribution in [0.15, 0.2) is 41.3 Å². The zero-order chi connectivity index (χ0) is 17.0. The molecule has 0 aliphatic heterocycles. The third kappa shape index (κ3) is 2.05. The zero-order valence-corrected chi connectivity index (χ0v) is 13.1. The number of aryl methyl sites for hydroxylation is 1. The minimum absolute atomic E-state index is 0.239. The highest BCUT2D eigenvalue weighted by Crippen LogP contribution is 2.34. The highest BCUT2D eigenvalue weighted by Gasteiger charge is 2.19. The Morgan fingerprint density at radius 3 is 2.62 bits per heavy atom. The van der Waals surface area contributed by atoms with Crippen LogP contribution in [0.1, 0.15) is 0 Å². The Morgan fingerprint density at radius 1 is 1.08 bits per heavy atom. The first kappa shape index (κ1) is 14.9. The number of halogens is 3. The van der Waals surface area contributed by atoms with E-state index in [1.54, 1.807) is 6.20 Å². The second-order valence-electron chi connectivity index (χ2n) is 5.36. The van der Waals surface area contributed by atoms with Gasteiger partial charge in [0, 0.05) is 29.7 Å². The molecule has 0 saturated heterocycles. The molecule has 0 bridgehead atoms. The molecule has 0 N–H and O–H groups in total. The van der Waals surface area contributed by atoms with Gasteiger partial charge in [-0.1, -0.05) is 18.2 Å². The van der Waals surface area contributed by atoms with E-state index in [1.807, 2.05) is 35.9 Å². The van der Waals surface area contributed by atoms with Gasteiger partial charge in [0.1, 0.15) is 5.01 Å². The lowest BCUT2D eigenvalue weighted by molar-refractivity contribution is 0.454. The maximum atomic E-state index is 14.1. The van der Waals surface area contributed by atoms with E-state index in [-0.39, 0.29) is 15.1 Å². The molecule has 3 nitrogen and oxygen atoms in total. The average molecular weight is 346 g/mol. The molecule has 2 aromatic heterocycles. The summed E-state index contributed by atoms with van der Waals surface area (Å²) in [5.41, 5.74) is 0.769. The van der Waals surface area contributed by atoms with E-state index >= 15 is 0 Å². The van der Waals surface area contributed by atoms with Gasteiger partial charge in [0.2, 0.25) is 0 Å². The molecule has 4 rings (SSSR count). The smallest absolute Gasteiger partial charge is 0.280 e. The summed E-state index contributed by atoms with van der Waals surface area (Å²) in [6, 6.07) is 8.16. The van der Waals surface area contributed by atoms with Crippen molar-refractivity contribution >= 4 is 32.3 Å². The number of fused-ring (bicyclic) bond motifs is 2. The Hall–Kier alpha value is -2.67. The fourth-order valence-corrected chi connectivity index (χ4v) is 3.77. The molecule has 0 aliphatic rings. The maximum Gasteiger partial charge on any atom is 0.280 e. The second-order valence-corrected chi connectivity index (χ2v) is 6.36. The molecule has 2 heterocycles. The van der Waals surface area contributed by atoms with Crippen molar-refractivity contribution in [2.45, 2.75) is 0 Å². The van der Waals surface area contributed by atoms with Crippen molar-refractivity contribution < 1.29 is 13.2 Å². The van der Waals surface area contributed by atoms with Gasteiger partial charge in [-0.3, -0.25) is 4.79 Å². The molecule has 0 unspecified atom stereocenters. The molecular formula is C17H9F3N2OS. The maximum absolute atomic E-state index is 14.1. The Labute approximate surface area is 137 Å². The number of rotatable bonds is 1. The Morgan fingerprint density at radius 2 is 1.83 bits per heavy atom. The molecule has 24 heavy (non-hydrogen) atoms. The zero-order valence-electron chi connectivity index (χ0n) is 12.3. The molecule has 120 valence electrons. The molecule has 0 atom stereocenters. The predicted octanol–water partition coefficient (Wildman–Crippen LogP) is 4.23. The first-order valence-electron chi connectivity index (χ1n) is 7.00. The van der Waals surface area contributed by atoms with Crippen molar-refractivity contribution in [1.29, 1.82) is 0 Å². The van der Waals surface area contributed by atoms with Crippen molar-refractivity contribution in [3.63, 3.8) is 0 Å². The van der Waals surface area contributed by atoms with E-state index in [0.29, 0.717) is 11.6 Å². The summed E-state index contributed by atoms with van der Waals surface area (Å²) < 4.78 is 42.6. The van der Waals surface area contributed by atoms with Crippen LogP contribution in [0, 0.1) is 17.5 Å². The van der Waals surface area contributed by atoms with Crippen LogP contribution in [0.4, 0.5) is 13.2 Å². The van der Waals surface area contributed by atoms with Crippen LogP contribution in [-0.4, -0.2) is 9.55 Å². The number of hydrogen-bond donors (Lipinski definition) is 0. The van der Waals surface area contributed by atoms with E-state index in [9.17, 15) is 18.0 Å². The van der Waals surface area contributed by atoms with Gasteiger partial charge >= 0.3 is 0 Å².